The molecule has 0 saturated carbocycles. The first-order valence-electron chi connectivity index (χ1n) is 11.9. The van der Waals surface area contributed by atoms with Gasteiger partial charge in [-0.15, -0.1) is 11.8 Å². The van der Waals surface area contributed by atoms with Crippen LogP contribution in [-0.4, -0.2) is 74.0 Å². The molecule has 0 bridgehead atoms. The standard InChI is InChI=1S/C25H30N4O3S3/c1-18-10-12-29(13-11-18)35(31,32)20-8-6-19(7-9-20)24(30)27-14-16-28(17-15-27)25-26-23-21(33-2)4-3-5-22(23)34-25/h3-9,18H,10-17H2,1-2H3. The lowest BCUT2D eigenvalue weighted by atomic mass is 10.0. The predicted molar refractivity (Wildman–Crippen MR) is 143 cm³/mol. The first-order valence-corrected chi connectivity index (χ1v) is 15.4. The molecular formula is C25H30N4O3S3. The fourth-order valence-electron chi connectivity index (χ4n) is 4.64. The summed E-state index contributed by atoms with van der Waals surface area (Å²) in [5.74, 6) is 0.499. The van der Waals surface area contributed by atoms with Gasteiger partial charge in [0.15, 0.2) is 5.13 Å². The zero-order chi connectivity index (χ0) is 24.6. The molecule has 35 heavy (non-hydrogen) atoms. The second-order valence-electron chi connectivity index (χ2n) is 9.19. The lowest BCUT2D eigenvalue weighted by Gasteiger charge is -2.34. The van der Waals surface area contributed by atoms with Gasteiger partial charge in [0.05, 0.1) is 15.1 Å². The molecule has 2 fully saturated rings. The Morgan fingerprint density at radius 1 is 1.00 bits per heavy atom. The highest BCUT2D eigenvalue weighted by atomic mass is 32.2. The molecule has 2 aliphatic rings. The Balaban J connectivity index is 1.23. The van der Waals surface area contributed by atoms with E-state index in [0.29, 0.717) is 37.7 Å². The molecule has 0 radical (unpaired) electrons. The van der Waals surface area contributed by atoms with Crippen molar-refractivity contribution in [3.63, 3.8) is 0 Å². The number of nitrogens with zero attached hydrogens (tertiary/aromatic N) is 4. The van der Waals surface area contributed by atoms with Crippen LogP contribution in [0.1, 0.15) is 30.1 Å². The van der Waals surface area contributed by atoms with Crippen molar-refractivity contribution in [1.29, 1.82) is 0 Å². The number of aromatic nitrogens is 1. The van der Waals surface area contributed by atoms with Crippen LogP contribution in [0, 0.1) is 5.92 Å². The predicted octanol–water partition coefficient (Wildman–Crippen LogP) is 4.40. The van der Waals surface area contributed by atoms with Crippen molar-refractivity contribution < 1.29 is 13.2 Å². The van der Waals surface area contributed by atoms with Gasteiger partial charge in [0.1, 0.15) is 0 Å². The third kappa shape index (κ3) is 4.94. The summed E-state index contributed by atoms with van der Waals surface area (Å²) in [4.78, 5) is 23.5. The van der Waals surface area contributed by atoms with E-state index in [-0.39, 0.29) is 10.8 Å². The van der Waals surface area contributed by atoms with E-state index in [1.54, 1.807) is 51.7 Å². The molecule has 2 aliphatic heterocycles. The average molecular weight is 531 g/mol. The summed E-state index contributed by atoms with van der Waals surface area (Å²) in [5.41, 5.74) is 1.57. The van der Waals surface area contributed by atoms with E-state index in [4.69, 9.17) is 4.98 Å². The van der Waals surface area contributed by atoms with E-state index in [1.165, 1.54) is 9.60 Å². The van der Waals surface area contributed by atoms with Crippen molar-refractivity contribution in [1.82, 2.24) is 14.2 Å². The zero-order valence-electron chi connectivity index (χ0n) is 20.0. The number of hydrogen-bond acceptors (Lipinski definition) is 7. The molecule has 3 heterocycles. The minimum absolute atomic E-state index is 0.0608. The number of hydrogen-bond donors (Lipinski definition) is 0. The van der Waals surface area contributed by atoms with Crippen molar-refractivity contribution in [3.8, 4) is 0 Å². The van der Waals surface area contributed by atoms with E-state index in [2.05, 4.69) is 36.3 Å². The van der Waals surface area contributed by atoms with Crippen molar-refractivity contribution in [2.24, 2.45) is 5.92 Å². The molecule has 0 atom stereocenters. The second kappa shape index (κ2) is 10.1. The van der Waals surface area contributed by atoms with Gasteiger partial charge in [-0.2, -0.15) is 4.31 Å². The normalized spacial score (nSPS) is 18.3. The number of piperidine rings is 1. The Kier molecular flexibility index (Phi) is 7.07. The van der Waals surface area contributed by atoms with E-state index in [9.17, 15) is 13.2 Å². The highest BCUT2D eigenvalue weighted by Gasteiger charge is 2.29. The van der Waals surface area contributed by atoms with Crippen LogP contribution in [0.2, 0.25) is 0 Å². The van der Waals surface area contributed by atoms with Crippen LogP contribution in [0.4, 0.5) is 5.13 Å². The van der Waals surface area contributed by atoms with Crippen molar-refractivity contribution >= 4 is 54.4 Å². The van der Waals surface area contributed by atoms with Crippen LogP contribution in [0.5, 0.6) is 0 Å². The first kappa shape index (κ1) is 24.5. The van der Waals surface area contributed by atoms with E-state index in [0.717, 1.165) is 36.6 Å². The number of para-hydroxylation sites is 1. The van der Waals surface area contributed by atoms with Crippen LogP contribution in [0.15, 0.2) is 52.3 Å². The Morgan fingerprint density at radius 3 is 2.34 bits per heavy atom. The molecule has 186 valence electrons. The molecule has 5 rings (SSSR count). The van der Waals surface area contributed by atoms with Gasteiger partial charge in [-0.05, 0) is 61.4 Å². The van der Waals surface area contributed by atoms with Crippen LogP contribution in [-0.2, 0) is 10.0 Å². The fraction of sp³-hybridized carbons (Fsp3) is 0.440. The van der Waals surface area contributed by atoms with Gasteiger partial charge >= 0.3 is 0 Å². The molecule has 7 nitrogen and oxygen atoms in total. The average Bonchev–Trinajstić information content (AvgIpc) is 3.33. The molecule has 0 N–H and O–H groups in total. The van der Waals surface area contributed by atoms with E-state index >= 15 is 0 Å². The minimum Gasteiger partial charge on any atom is -0.345 e. The van der Waals surface area contributed by atoms with Crippen molar-refractivity contribution in [3.05, 3.63) is 48.0 Å². The van der Waals surface area contributed by atoms with E-state index < -0.39 is 10.0 Å². The number of thiazole rings is 1. The lowest BCUT2D eigenvalue weighted by molar-refractivity contribution is 0.0746. The first-order chi connectivity index (χ1) is 16.9. The molecule has 10 heteroatoms. The summed E-state index contributed by atoms with van der Waals surface area (Å²) in [7, 11) is -3.51. The van der Waals surface area contributed by atoms with Crippen LogP contribution < -0.4 is 4.90 Å². The Hall–Kier alpha value is -2.14. The number of anilines is 1. The SMILES string of the molecule is CSc1cccc2sc(N3CCN(C(=O)c4ccc(S(=O)(=O)N5CCC(C)CC5)cc4)CC3)nc12. The molecule has 0 spiro atoms. The van der Waals surface area contributed by atoms with Gasteiger partial charge in [-0.25, -0.2) is 13.4 Å². The fourth-order valence-corrected chi connectivity index (χ4v) is 7.78. The number of benzene rings is 2. The summed E-state index contributed by atoms with van der Waals surface area (Å²) < 4.78 is 28.7. The molecular weight excluding hydrogens is 501 g/mol. The summed E-state index contributed by atoms with van der Waals surface area (Å²) >= 11 is 3.40. The summed E-state index contributed by atoms with van der Waals surface area (Å²) in [6.07, 6.45) is 3.84. The number of amides is 1. The van der Waals surface area contributed by atoms with E-state index in [1.807, 2.05) is 4.90 Å². The Bertz CT molecular complexity index is 1310. The van der Waals surface area contributed by atoms with Crippen LogP contribution >= 0.6 is 23.1 Å². The monoisotopic (exact) mass is 530 g/mol. The summed E-state index contributed by atoms with van der Waals surface area (Å²) in [6, 6.07) is 12.7. The molecule has 0 unspecified atom stereocenters. The molecule has 0 aliphatic carbocycles. The number of fused-ring (bicyclic) bond motifs is 1. The number of carbonyl (C=O) groups is 1. The zero-order valence-corrected chi connectivity index (χ0v) is 22.5. The summed E-state index contributed by atoms with van der Waals surface area (Å²) in [6.45, 7) is 5.93. The minimum atomic E-state index is -3.51. The molecule has 1 aromatic heterocycles. The largest absolute Gasteiger partial charge is 0.345 e. The molecule has 2 aromatic carbocycles. The van der Waals surface area contributed by atoms with Gasteiger partial charge in [-0.3, -0.25) is 4.79 Å². The van der Waals surface area contributed by atoms with Gasteiger partial charge in [0.25, 0.3) is 5.91 Å². The molecule has 2 saturated heterocycles. The third-order valence-corrected chi connectivity index (χ3v) is 10.7. The maximum absolute atomic E-state index is 13.1. The summed E-state index contributed by atoms with van der Waals surface area (Å²) in [5, 5.41) is 0.996. The van der Waals surface area contributed by atoms with Crippen molar-refractivity contribution in [2.75, 3.05) is 50.4 Å². The smallest absolute Gasteiger partial charge is 0.253 e. The Morgan fingerprint density at radius 2 is 1.69 bits per heavy atom. The number of piperazine rings is 1. The lowest BCUT2D eigenvalue weighted by Crippen LogP contribution is -2.48. The van der Waals surface area contributed by atoms with Gasteiger partial charge in [-0.1, -0.05) is 24.3 Å². The topological polar surface area (TPSA) is 73.8 Å². The van der Waals surface area contributed by atoms with Crippen molar-refractivity contribution in [2.45, 2.75) is 29.6 Å². The number of rotatable bonds is 5. The third-order valence-electron chi connectivity index (χ3n) is 6.91. The van der Waals surface area contributed by atoms with Crippen LogP contribution in [0.25, 0.3) is 10.2 Å². The maximum Gasteiger partial charge on any atom is 0.253 e. The maximum atomic E-state index is 13.1. The van der Waals surface area contributed by atoms with Gasteiger partial charge < -0.3 is 9.80 Å². The van der Waals surface area contributed by atoms with Crippen LogP contribution in [0.3, 0.4) is 0 Å². The number of carbonyl (C=O) groups excluding carboxylic acids is 1. The molecule has 3 aromatic rings. The molecule has 1 amide bonds. The number of sulfonamides is 1. The quantitative estimate of drug-likeness (QED) is 0.455. The van der Waals surface area contributed by atoms with Gasteiger partial charge in [0.2, 0.25) is 10.0 Å². The highest BCUT2D eigenvalue weighted by molar-refractivity contribution is 7.98. The Labute approximate surface area is 215 Å². The highest BCUT2D eigenvalue weighted by Crippen LogP contribution is 2.34. The number of thioether (sulfide) groups is 1. The van der Waals surface area contributed by atoms with Gasteiger partial charge in [0, 0.05) is 49.7 Å². The second-order valence-corrected chi connectivity index (χ2v) is 13.0.